The Balaban J connectivity index is 1.94. The average molecular weight is 308 g/mol. The highest BCUT2D eigenvalue weighted by molar-refractivity contribution is 6.29. The number of Topliss-reactive ketones (excluding diaryl/α,β-unsaturated/α-hetero) is 1. The molecule has 0 amide bonds. The van der Waals surface area contributed by atoms with Gasteiger partial charge < -0.3 is 9.47 Å². The van der Waals surface area contributed by atoms with Crippen molar-refractivity contribution < 1.29 is 23.9 Å². The van der Waals surface area contributed by atoms with Crippen LogP contribution in [0.5, 0.6) is 0 Å². The van der Waals surface area contributed by atoms with Crippen molar-refractivity contribution in [3.63, 3.8) is 0 Å². The number of hydrogen-bond donors (Lipinski definition) is 0. The van der Waals surface area contributed by atoms with Crippen molar-refractivity contribution in [1.82, 2.24) is 0 Å². The van der Waals surface area contributed by atoms with Crippen LogP contribution >= 0.6 is 0 Å². The van der Waals surface area contributed by atoms with Gasteiger partial charge in [0.15, 0.2) is 0 Å². The number of hydrogen-bond acceptors (Lipinski definition) is 5. The summed E-state index contributed by atoms with van der Waals surface area (Å²) in [7, 11) is 1.16. The van der Waals surface area contributed by atoms with Gasteiger partial charge in [-0.25, -0.2) is 9.59 Å². The molecule has 5 heteroatoms. The fourth-order valence-corrected chi connectivity index (χ4v) is 5.46. The Morgan fingerprint density at radius 2 is 1.77 bits per heavy atom. The number of carbonyl (C=O) groups excluding carboxylic acids is 3. The smallest absolute Gasteiger partial charge is 0.418 e. The van der Waals surface area contributed by atoms with E-state index in [-0.39, 0.29) is 17.1 Å². The SMILES string of the molecule is COC(=O)C(=O)O[C@]12CCC(=O)[C@@]1(C)[C@@H]1CC(C)(C)C[C@@H]1C2. The number of rotatable bonds is 1. The molecule has 3 saturated carbocycles. The molecule has 0 aliphatic heterocycles. The Hall–Kier alpha value is -1.39. The van der Waals surface area contributed by atoms with E-state index in [1.165, 1.54) is 0 Å². The molecule has 0 heterocycles. The van der Waals surface area contributed by atoms with E-state index in [2.05, 4.69) is 18.6 Å². The van der Waals surface area contributed by atoms with Crippen LogP contribution in [0.25, 0.3) is 0 Å². The molecule has 3 rings (SSSR count). The average Bonchev–Trinajstić information content (AvgIpc) is 2.94. The monoisotopic (exact) mass is 308 g/mol. The number of esters is 2. The third-order valence-corrected chi connectivity index (χ3v) is 6.41. The molecule has 3 aliphatic carbocycles. The van der Waals surface area contributed by atoms with Gasteiger partial charge in [-0.2, -0.15) is 0 Å². The molecule has 0 radical (unpaired) electrons. The first-order valence-corrected chi connectivity index (χ1v) is 8.00. The highest BCUT2D eigenvalue weighted by Crippen LogP contribution is 2.68. The van der Waals surface area contributed by atoms with Gasteiger partial charge in [-0.1, -0.05) is 13.8 Å². The van der Waals surface area contributed by atoms with Crippen molar-refractivity contribution in [2.45, 2.75) is 58.5 Å². The van der Waals surface area contributed by atoms with Crippen molar-refractivity contribution in [1.29, 1.82) is 0 Å². The molecule has 0 unspecified atom stereocenters. The molecule has 22 heavy (non-hydrogen) atoms. The molecule has 0 aromatic heterocycles. The van der Waals surface area contributed by atoms with Gasteiger partial charge in [-0.3, -0.25) is 4.79 Å². The number of fused-ring (bicyclic) bond motifs is 3. The highest BCUT2D eigenvalue weighted by atomic mass is 16.6. The van der Waals surface area contributed by atoms with Gasteiger partial charge in [0.05, 0.1) is 12.5 Å². The van der Waals surface area contributed by atoms with Gasteiger partial charge in [0.1, 0.15) is 11.4 Å². The number of ether oxygens (including phenoxy) is 2. The third-order valence-electron chi connectivity index (χ3n) is 6.41. The van der Waals surface area contributed by atoms with Crippen LogP contribution in [0.2, 0.25) is 0 Å². The molecule has 0 bridgehead atoms. The molecule has 4 atom stereocenters. The summed E-state index contributed by atoms with van der Waals surface area (Å²) in [5.41, 5.74) is -1.25. The Morgan fingerprint density at radius 3 is 2.41 bits per heavy atom. The molecule has 3 fully saturated rings. The molecule has 0 N–H and O–H groups in total. The van der Waals surface area contributed by atoms with Crippen LogP contribution in [-0.4, -0.2) is 30.4 Å². The molecular weight excluding hydrogens is 284 g/mol. The van der Waals surface area contributed by atoms with Crippen molar-refractivity contribution >= 4 is 17.7 Å². The second-order valence-electron chi connectivity index (χ2n) is 8.14. The van der Waals surface area contributed by atoms with Gasteiger partial charge in [0, 0.05) is 6.42 Å². The van der Waals surface area contributed by atoms with E-state index < -0.39 is 23.0 Å². The van der Waals surface area contributed by atoms with Crippen LogP contribution in [0.1, 0.15) is 52.9 Å². The topological polar surface area (TPSA) is 69.7 Å². The Labute approximate surface area is 130 Å². The summed E-state index contributed by atoms with van der Waals surface area (Å²) < 4.78 is 10.1. The standard InChI is InChI=1S/C17H24O5/c1-15(2)7-10-8-17(22-14(20)13(19)21-4)6-5-12(18)16(17,3)11(10)9-15/h10-11H,5-9H2,1-4H3/t10-,11-,16-,17+/m1/s1. The number of methoxy groups -OCH3 is 1. The zero-order valence-electron chi connectivity index (χ0n) is 13.7. The number of ketones is 1. The van der Waals surface area contributed by atoms with E-state index in [1.54, 1.807) is 0 Å². The largest absolute Gasteiger partial charge is 0.461 e. The predicted octanol–water partition coefficient (Wildman–Crippen LogP) is 2.27. The lowest BCUT2D eigenvalue weighted by Gasteiger charge is -2.39. The van der Waals surface area contributed by atoms with E-state index in [0.717, 1.165) is 20.0 Å². The quantitative estimate of drug-likeness (QED) is 0.549. The fraction of sp³-hybridized carbons (Fsp3) is 0.824. The number of carbonyl (C=O) groups is 3. The van der Waals surface area contributed by atoms with Crippen molar-refractivity contribution in [3.8, 4) is 0 Å². The molecule has 3 aliphatic rings. The maximum atomic E-state index is 12.6. The summed E-state index contributed by atoms with van der Waals surface area (Å²) in [6.45, 7) is 6.41. The van der Waals surface area contributed by atoms with Gasteiger partial charge in [0.25, 0.3) is 0 Å². The van der Waals surface area contributed by atoms with Gasteiger partial charge in [-0.05, 0) is 49.9 Å². The van der Waals surface area contributed by atoms with Crippen molar-refractivity contribution in [2.75, 3.05) is 7.11 Å². The Kier molecular flexibility index (Phi) is 3.21. The summed E-state index contributed by atoms with van der Waals surface area (Å²) in [5.74, 6) is -1.16. The first kappa shape index (κ1) is 15.5. The summed E-state index contributed by atoms with van der Waals surface area (Å²) in [6, 6.07) is 0. The van der Waals surface area contributed by atoms with E-state index in [0.29, 0.717) is 25.2 Å². The highest BCUT2D eigenvalue weighted by Gasteiger charge is 2.72. The van der Waals surface area contributed by atoms with Crippen LogP contribution in [0.4, 0.5) is 0 Å². The molecule has 0 aromatic rings. The van der Waals surface area contributed by atoms with Crippen LogP contribution in [0.3, 0.4) is 0 Å². The minimum absolute atomic E-state index is 0.176. The Morgan fingerprint density at radius 1 is 1.09 bits per heavy atom. The van der Waals surface area contributed by atoms with Gasteiger partial charge >= 0.3 is 11.9 Å². The first-order chi connectivity index (χ1) is 10.2. The van der Waals surface area contributed by atoms with E-state index >= 15 is 0 Å². The lowest BCUT2D eigenvalue weighted by Crippen LogP contribution is -2.48. The molecule has 0 saturated heterocycles. The molecule has 5 nitrogen and oxygen atoms in total. The third kappa shape index (κ3) is 1.87. The minimum Gasteiger partial charge on any atom is -0.461 e. The van der Waals surface area contributed by atoms with E-state index in [4.69, 9.17) is 4.74 Å². The van der Waals surface area contributed by atoms with Crippen LogP contribution in [0.15, 0.2) is 0 Å². The predicted molar refractivity (Wildman–Crippen MR) is 77.8 cm³/mol. The summed E-state index contributed by atoms with van der Waals surface area (Å²) in [5, 5.41) is 0. The summed E-state index contributed by atoms with van der Waals surface area (Å²) in [4.78, 5) is 36.0. The van der Waals surface area contributed by atoms with Crippen molar-refractivity contribution in [3.05, 3.63) is 0 Å². The molecule has 0 spiro atoms. The second kappa shape index (κ2) is 4.56. The lowest BCUT2D eigenvalue weighted by atomic mass is 9.69. The van der Waals surface area contributed by atoms with Crippen LogP contribution in [0, 0.1) is 22.7 Å². The molecule has 0 aromatic carbocycles. The molecular formula is C17H24O5. The zero-order chi connectivity index (χ0) is 16.3. The molecule has 122 valence electrons. The first-order valence-electron chi connectivity index (χ1n) is 8.00. The van der Waals surface area contributed by atoms with E-state index in [9.17, 15) is 14.4 Å². The normalized spacial score (nSPS) is 41.9. The maximum absolute atomic E-state index is 12.6. The summed E-state index contributed by atoms with van der Waals surface area (Å²) in [6.07, 6.45) is 3.65. The second-order valence-corrected chi connectivity index (χ2v) is 8.14. The lowest BCUT2D eigenvalue weighted by molar-refractivity contribution is -0.184. The van der Waals surface area contributed by atoms with E-state index in [1.807, 2.05) is 6.92 Å². The van der Waals surface area contributed by atoms with Gasteiger partial charge in [-0.15, -0.1) is 0 Å². The minimum atomic E-state index is -0.992. The van der Waals surface area contributed by atoms with Crippen LogP contribution < -0.4 is 0 Å². The zero-order valence-corrected chi connectivity index (χ0v) is 13.7. The maximum Gasteiger partial charge on any atom is 0.418 e. The van der Waals surface area contributed by atoms with Crippen LogP contribution in [-0.2, 0) is 23.9 Å². The summed E-state index contributed by atoms with van der Waals surface area (Å²) >= 11 is 0. The van der Waals surface area contributed by atoms with Gasteiger partial charge in [0.2, 0.25) is 0 Å². The fourth-order valence-electron chi connectivity index (χ4n) is 5.46. The van der Waals surface area contributed by atoms with Crippen molar-refractivity contribution in [2.24, 2.45) is 22.7 Å². The Bertz CT molecular complexity index is 551.